The van der Waals surface area contributed by atoms with Crippen LogP contribution in [0, 0.1) is 11.8 Å². The van der Waals surface area contributed by atoms with Gasteiger partial charge in [-0.15, -0.1) is 0 Å². The van der Waals surface area contributed by atoms with Crippen LogP contribution in [-0.2, 0) is 0 Å². The first-order valence-electron chi connectivity index (χ1n) is 7.29. The number of rotatable bonds is 5. The summed E-state index contributed by atoms with van der Waals surface area (Å²) in [5.74, 6) is 5.32. The van der Waals surface area contributed by atoms with Crippen molar-refractivity contribution < 1.29 is 19.4 Å². The van der Waals surface area contributed by atoms with Gasteiger partial charge in [-0.05, 0) is 48.2 Å². The summed E-state index contributed by atoms with van der Waals surface area (Å²) in [4.78, 5) is 12.0. The van der Waals surface area contributed by atoms with Gasteiger partial charge in [-0.2, -0.15) is 0 Å². The van der Waals surface area contributed by atoms with Gasteiger partial charge in [0.25, 0.3) is 0 Å². The molecule has 0 saturated heterocycles. The maximum Gasteiger partial charge on any atom is 0.239 e. The number of phenols is 1. The van der Waals surface area contributed by atoms with Gasteiger partial charge in [-0.1, -0.05) is 30.2 Å². The zero-order valence-corrected chi connectivity index (χ0v) is 13.8. The van der Waals surface area contributed by atoms with Crippen LogP contribution in [0.25, 0.3) is 12.2 Å². The number of phenolic OH excluding ortho intramolecular Hbond substituents is 1. The minimum absolute atomic E-state index is 0.123. The minimum Gasteiger partial charge on any atom is -0.504 e. The monoisotopic (exact) mass is 322 g/mol. The fourth-order valence-corrected chi connectivity index (χ4v) is 2.14. The van der Waals surface area contributed by atoms with Crippen molar-refractivity contribution in [2.24, 2.45) is 0 Å². The molecule has 0 aliphatic carbocycles. The Morgan fingerprint density at radius 1 is 1.04 bits per heavy atom. The second-order valence-corrected chi connectivity index (χ2v) is 4.93. The lowest BCUT2D eigenvalue weighted by molar-refractivity contribution is 0.105. The highest BCUT2D eigenvalue weighted by Gasteiger charge is 2.15. The summed E-state index contributed by atoms with van der Waals surface area (Å²) < 4.78 is 10.3. The van der Waals surface area contributed by atoms with Crippen LogP contribution in [0.3, 0.4) is 0 Å². The van der Waals surface area contributed by atoms with E-state index in [2.05, 4.69) is 11.8 Å². The molecule has 0 fully saturated rings. The van der Waals surface area contributed by atoms with E-state index in [1.807, 2.05) is 36.4 Å². The highest BCUT2D eigenvalue weighted by molar-refractivity contribution is 6.11. The Kier molecular flexibility index (Phi) is 5.64. The Hall–Kier alpha value is -3.19. The number of benzene rings is 2. The largest absolute Gasteiger partial charge is 0.504 e. The molecule has 122 valence electrons. The van der Waals surface area contributed by atoms with Crippen LogP contribution in [0.1, 0.15) is 28.4 Å². The van der Waals surface area contributed by atoms with E-state index in [1.54, 1.807) is 26.2 Å². The SMILES string of the molecule is CC#CC(=O)c1cc(/C=C/c2ccc(OC)cc2)cc(OC)c1O. The number of ether oxygens (including phenoxy) is 2. The summed E-state index contributed by atoms with van der Waals surface area (Å²) >= 11 is 0. The first-order valence-corrected chi connectivity index (χ1v) is 7.29. The molecule has 0 aliphatic rings. The molecule has 0 bridgehead atoms. The van der Waals surface area contributed by atoms with E-state index in [0.29, 0.717) is 0 Å². The Bertz CT molecular complexity index is 821. The van der Waals surface area contributed by atoms with Gasteiger partial charge in [0.2, 0.25) is 5.78 Å². The smallest absolute Gasteiger partial charge is 0.239 e. The predicted octanol–water partition coefficient (Wildman–Crippen LogP) is 3.79. The number of ketones is 1. The van der Waals surface area contributed by atoms with Gasteiger partial charge in [0.05, 0.1) is 19.8 Å². The topological polar surface area (TPSA) is 55.8 Å². The molecule has 2 aromatic carbocycles. The quantitative estimate of drug-likeness (QED) is 0.394. The van der Waals surface area contributed by atoms with Crippen molar-refractivity contribution in [1.82, 2.24) is 0 Å². The van der Waals surface area contributed by atoms with Crippen LogP contribution in [-0.4, -0.2) is 25.1 Å². The zero-order valence-electron chi connectivity index (χ0n) is 13.8. The summed E-state index contributed by atoms with van der Waals surface area (Å²) in [5.41, 5.74) is 1.82. The number of Topliss-reactive ketones (excluding diaryl/α,β-unsaturated/α-hetero) is 1. The first-order chi connectivity index (χ1) is 11.6. The lowest BCUT2D eigenvalue weighted by Crippen LogP contribution is -1.98. The third-order valence-corrected chi connectivity index (χ3v) is 3.38. The van der Waals surface area contributed by atoms with Gasteiger partial charge in [0.15, 0.2) is 11.5 Å². The summed E-state index contributed by atoms with van der Waals surface area (Å²) in [7, 11) is 3.05. The Balaban J connectivity index is 2.37. The van der Waals surface area contributed by atoms with E-state index in [-0.39, 0.29) is 17.1 Å². The summed E-state index contributed by atoms with van der Waals surface area (Å²) in [6.07, 6.45) is 3.73. The molecule has 4 nitrogen and oxygen atoms in total. The standard InChI is InChI=1S/C20H18O4/c1-4-5-18(21)17-12-15(13-19(24-3)20(17)22)7-6-14-8-10-16(23-2)11-9-14/h6-13,22H,1-3H3/b7-6+. The normalized spacial score (nSPS) is 10.1. The van der Waals surface area contributed by atoms with Gasteiger partial charge in [-0.25, -0.2) is 0 Å². The Labute approximate surface area is 141 Å². The molecule has 0 spiro atoms. The molecule has 0 saturated carbocycles. The van der Waals surface area contributed by atoms with Crippen molar-refractivity contribution in [2.75, 3.05) is 14.2 Å². The molecule has 2 aromatic rings. The highest BCUT2D eigenvalue weighted by Crippen LogP contribution is 2.32. The molecule has 1 N–H and O–H groups in total. The van der Waals surface area contributed by atoms with E-state index in [4.69, 9.17) is 9.47 Å². The van der Waals surface area contributed by atoms with Crippen molar-refractivity contribution in [3.63, 3.8) is 0 Å². The summed E-state index contributed by atoms with van der Waals surface area (Å²) in [6, 6.07) is 10.8. The number of aromatic hydroxyl groups is 1. The number of carbonyl (C=O) groups excluding carboxylic acids is 1. The van der Waals surface area contributed by atoms with Crippen molar-refractivity contribution >= 4 is 17.9 Å². The van der Waals surface area contributed by atoms with Crippen LogP contribution >= 0.6 is 0 Å². The maximum atomic E-state index is 12.0. The van der Waals surface area contributed by atoms with Gasteiger partial charge < -0.3 is 14.6 Å². The Morgan fingerprint density at radius 2 is 1.71 bits per heavy atom. The number of methoxy groups -OCH3 is 2. The molecule has 2 rings (SSSR count). The van der Waals surface area contributed by atoms with Crippen molar-refractivity contribution in [2.45, 2.75) is 6.92 Å². The number of carbonyl (C=O) groups is 1. The minimum atomic E-state index is -0.451. The first kappa shape index (κ1) is 17.2. The molecule has 0 amide bonds. The van der Waals surface area contributed by atoms with Gasteiger partial charge in [-0.3, -0.25) is 4.79 Å². The fraction of sp³-hybridized carbons (Fsp3) is 0.150. The van der Waals surface area contributed by atoms with Gasteiger partial charge in [0, 0.05) is 0 Å². The molecule has 4 heteroatoms. The van der Waals surface area contributed by atoms with Crippen molar-refractivity contribution in [3.05, 3.63) is 53.1 Å². The lowest BCUT2D eigenvalue weighted by atomic mass is 10.0. The van der Waals surface area contributed by atoms with E-state index in [1.165, 1.54) is 7.11 Å². The second kappa shape index (κ2) is 7.89. The van der Waals surface area contributed by atoms with Crippen LogP contribution in [0.2, 0.25) is 0 Å². The summed E-state index contributed by atoms with van der Waals surface area (Å²) in [6.45, 7) is 1.57. The second-order valence-electron chi connectivity index (χ2n) is 4.93. The third kappa shape index (κ3) is 3.96. The van der Waals surface area contributed by atoms with E-state index >= 15 is 0 Å². The van der Waals surface area contributed by atoms with Crippen molar-refractivity contribution in [3.8, 4) is 29.1 Å². The average molecular weight is 322 g/mol. The molecular formula is C20H18O4. The molecule has 0 radical (unpaired) electrons. The Morgan fingerprint density at radius 3 is 2.29 bits per heavy atom. The van der Waals surface area contributed by atoms with E-state index < -0.39 is 5.78 Å². The van der Waals surface area contributed by atoms with Gasteiger partial charge in [0.1, 0.15) is 5.75 Å². The molecule has 0 unspecified atom stereocenters. The predicted molar refractivity (Wildman–Crippen MR) is 94.4 cm³/mol. The highest BCUT2D eigenvalue weighted by atomic mass is 16.5. The summed E-state index contributed by atoms with van der Waals surface area (Å²) in [5, 5.41) is 10.1. The fourth-order valence-electron chi connectivity index (χ4n) is 2.14. The average Bonchev–Trinajstić information content (AvgIpc) is 2.61. The van der Waals surface area contributed by atoms with Crippen LogP contribution in [0.5, 0.6) is 17.2 Å². The molecule has 0 aromatic heterocycles. The molecule has 0 heterocycles. The van der Waals surface area contributed by atoms with Crippen LogP contribution in [0.15, 0.2) is 36.4 Å². The molecular weight excluding hydrogens is 304 g/mol. The lowest BCUT2D eigenvalue weighted by Gasteiger charge is -2.08. The molecule has 0 atom stereocenters. The van der Waals surface area contributed by atoms with Crippen LogP contribution in [0.4, 0.5) is 0 Å². The van der Waals surface area contributed by atoms with Gasteiger partial charge >= 0.3 is 0 Å². The van der Waals surface area contributed by atoms with E-state index in [0.717, 1.165) is 16.9 Å². The number of hydrogen-bond donors (Lipinski definition) is 1. The van der Waals surface area contributed by atoms with E-state index in [9.17, 15) is 9.90 Å². The maximum absolute atomic E-state index is 12.0. The molecule has 0 aliphatic heterocycles. The molecule has 24 heavy (non-hydrogen) atoms. The van der Waals surface area contributed by atoms with Crippen LogP contribution < -0.4 is 9.47 Å². The number of hydrogen-bond acceptors (Lipinski definition) is 4. The van der Waals surface area contributed by atoms with Crippen molar-refractivity contribution in [1.29, 1.82) is 0 Å². The third-order valence-electron chi connectivity index (χ3n) is 3.38. The zero-order chi connectivity index (χ0) is 17.5.